The Hall–Kier alpha value is -1.68. The molecule has 0 saturated heterocycles. The minimum atomic E-state index is 0.333. The minimum Gasteiger partial charge on any atom is -0.328 e. The monoisotopic (exact) mass is 256 g/mol. The van der Waals surface area contributed by atoms with Gasteiger partial charge < -0.3 is 10.3 Å². The lowest BCUT2D eigenvalue weighted by atomic mass is 10.1. The fourth-order valence-corrected chi connectivity index (χ4v) is 2.91. The standard InChI is InChI=1S/C15H20N4/c1-19-14(9-11-5-3-2-4-6-11)17-18-15(19)12-7-8-13(16)10-12/h2-6,12-13H,7-10,16H2,1H3/t12-,13-/m0/s1. The Balaban J connectivity index is 1.79. The first kappa shape index (κ1) is 12.4. The lowest BCUT2D eigenvalue weighted by Crippen LogP contribution is -2.15. The van der Waals surface area contributed by atoms with Crippen LogP contribution in [0.4, 0.5) is 0 Å². The third-order valence-corrected chi connectivity index (χ3v) is 4.04. The van der Waals surface area contributed by atoms with Crippen molar-refractivity contribution < 1.29 is 0 Å². The summed E-state index contributed by atoms with van der Waals surface area (Å²) in [6.45, 7) is 0. The summed E-state index contributed by atoms with van der Waals surface area (Å²) in [5.74, 6) is 2.61. The van der Waals surface area contributed by atoms with Crippen LogP contribution in [0.25, 0.3) is 0 Å². The molecule has 0 radical (unpaired) electrons. The Morgan fingerprint density at radius 3 is 2.68 bits per heavy atom. The Morgan fingerprint density at radius 1 is 1.21 bits per heavy atom. The second kappa shape index (κ2) is 5.13. The van der Waals surface area contributed by atoms with Crippen LogP contribution in [-0.2, 0) is 13.5 Å². The number of hydrogen-bond acceptors (Lipinski definition) is 3. The summed E-state index contributed by atoms with van der Waals surface area (Å²) in [5.41, 5.74) is 7.26. The van der Waals surface area contributed by atoms with E-state index in [1.54, 1.807) is 0 Å². The molecular formula is C15H20N4. The average molecular weight is 256 g/mol. The molecule has 2 N–H and O–H groups in total. The molecule has 1 saturated carbocycles. The van der Waals surface area contributed by atoms with E-state index in [0.29, 0.717) is 12.0 Å². The summed E-state index contributed by atoms with van der Waals surface area (Å²) in [7, 11) is 2.07. The van der Waals surface area contributed by atoms with E-state index < -0.39 is 0 Å². The van der Waals surface area contributed by atoms with Crippen molar-refractivity contribution in [3.63, 3.8) is 0 Å². The number of hydrogen-bond donors (Lipinski definition) is 1. The number of aromatic nitrogens is 3. The van der Waals surface area contributed by atoms with Crippen LogP contribution in [0.1, 0.15) is 42.4 Å². The zero-order chi connectivity index (χ0) is 13.2. The fraction of sp³-hybridized carbons (Fsp3) is 0.467. The van der Waals surface area contributed by atoms with Crippen LogP contribution < -0.4 is 5.73 Å². The molecular weight excluding hydrogens is 236 g/mol. The Labute approximate surface area is 113 Å². The molecule has 4 nitrogen and oxygen atoms in total. The van der Waals surface area contributed by atoms with E-state index in [0.717, 1.165) is 37.3 Å². The third-order valence-electron chi connectivity index (χ3n) is 4.04. The smallest absolute Gasteiger partial charge is 0.137 e. The van der Waals surface area contributed by atoms with E-state index in [-0.39, 0.29) is 0 Å². The second-order valence-corrected chi connectivity index (χ2v) is 5.47. The first-order valence-corrected chi connectivity index (χ1v) is 6.91. The van der Waals surface area contributed by atoms with Crippen LogP contribution >= 0.6 is 0 Å². The highest BCUT2D eigenvalue weighted by molar-refractivity contribution is 5.19. The van der Waals surface area contributed by atoms with E-state index in [9.17, 15) is 0 Å². The average Bonchev–Trinajstić information content (AvgIpc) is 2.99. The van der Waals surface area contributed by atoms with Crippen molar-refractivity contribution >= 4 is 0 Å². The number of rotatable bonds is 3. The molecule has 0 amide bonds. The topological polar surface area (TPSA) is 56.7 Å². The van der Waals surface area contributed by atoms with Gasteiger partial charge in [0.15, 0.2) is 0 Å². The molecule has 0 unspecified atom stereocenters. The normalized spacial score (nSPS) is 22.8. The Kier molecular flexibility index (Phi) is 3.34. The van der Waals surface area contributed by atoms with Crippen LogP contribution in [0.5, 0.6) is 0 Å². The first-order chi connectivity index (χ1) is 9.24. The van der Waals surface area contributed by atoms with Gasteiger partial charge in [0.1, 0.15) is 11.6 Å². The summed E-state index contributed by atoms with van der Waals surface area (Å²) in [5, 5.41) is 8.74. The highest BCUT2D eigenvalue weighted by Crippen LogP contribution is 2.32. The summed E-state index contributed by atoms with van der Waals surface area (Å²) < 4.78 is 2.15. The van der Waals surface area contributed by atoms with Gasteiger partial charge in [0, 0.05) is 25.4 Å². The van der Waals surface area contributed by atoms with Gasteiger partial charge in [-0.25, -0.2) is 0 Å². The molecule has 4 heteroatoms. The van der Waals surface area contributed by atoms with Crippen molar-refractivity contribution in [3.05, 3.63) is 47.5 Å². The van der Waals surface area contributed by atoms with Crippen LogP contribution in [-0.4, -0.2) is 20.8 Å². The van der Waals surface area contributed by atoms with Crippen molar-refractivity contribution in [2.45, 2.75) is 37.6 Å². The molecule has 0 bridgehead atoms. The number of nitrogens with two attached hydrogens (primary N) is 1. The van der Waals surface area contributed by atoms with Crippen LogP contribution in [0.15, 0.2) is 30.3 Å². The van der Waals surface area contributed by atoms with Gasteiger partial charge in [-0.15, -0.1) is 10.2 Å². The molecule has 1 aromatic heterocycles. The SMILES string of the molecule is Cn1c(Cc2ccccc2)nnc1[C@H]1CC[C@H](N)C1. The summed E-state index contributed by atoms with van der Waals surface area (Å²) in [6, 6.07) is 10.7. The van der Waals surface area contributed by atoms with Gasteiger partial charge in [-0.05, 0) is 24.8 Å². The quantitative estimate of drug-likeness (QED) is 0.913. The summed E-state index contributed by atoms with van der Waals surface area (Å²) >= 11 is 0. The van der Waals surface area contributed by atoms with Gasteiger partial charge in [-0.3, -0.25) is 0 Å². The van der Waals surface area contributed by atoms with Crippen LogP contribution in [0, 0.1) is 0 Å². The van der Waals surface area contributed by atoms with Crippen molar-refractivity contribution in [1.29, 1.82) is 0 Å². The van der Waals surface area contributed by atoms with Gasteiger partial charge in [0.2, 0.25) is 0 Å². The van der Waals surface area contributed by atoms with E-state index in [2.05, 4.69) is 46.1 Å². The zero-order valence-corrected chi connectivity index (χ0v) is 11.3. The van der Waals surface area contributed by atoms with Gasteiger partial charge >= 0.3 is 0 Å². The molecule has 100 valence electrons. The maximum atomic E-state index is 5.99. The molecule has 19 heavy (non-hydrogen) atoms. The lowest BCUT2D eigenvalue weighted by molar-refractivity contribution is 0.609. The number of benzene rings is 1. The largest absolute Gasteiger partial charge is 0.328 e. The van der Waals surface area contributed by atoms with Crippen molar-refractivity contribution in [3.8, 4) is 0 Å². The molecule has 1 heterocycles. The number of nitrogens with zero attached hydrogens (tertiary/aromatic N) is 3. The van der Waals surface area contributed by atoms with Crippen LogP contribution in [0.3, 0.4) is 0 Å². The van der Waals surface area contributed by atoms with Crippen molar-refractivity contribution in [2.24, 2.45) is 12.8 Å². The van der Waals surface area contributed by atoms with E-state index in [1.807, 2.05) is 6.07 Å². The first-order valence-electron chi connectivity index (χ1n) is 6.91. The summed E-state index contributed by atoms with van der Waals surface area (Å²) in [6.07, 6.45) is 4.12. The van der Waals surface area contributed by atoms with E-state index in [1.165, 1.54) is 5.56 Å². The Morgan fingerprint density at radius 2 is 2.00 bits per heavy atom. The molecule has 2 aromatic rings. The van der Waals surface area contributed by atoms with E-state index >= 15 is 0 Å². The van der Waals surface area contributed by atoms with E-state index in [4.69, 9.17) is 5.73 Å². The second-order valence-electron chi connectivity index (χ2n) is 5.47. The molecule has 0 aliphatic heterocycles. The Bertz CT molecular complexity index is 547. The maximum Gasteiger partial charge on any atom is 0.137 e. The molecule has 1 aliphatic carbocycles. The molecule has 1 aliphatic rings. The molecule has 1 aromatic carbocycles. The van der Waals surface area contributed by atoms with Gasteiger partial charge in [0.25, 0.3) is 0 Å². The fourth-order valence-electron chi connectivity index (χ4n) is 2.91. The van der Waals surface area contributed by atoms with Crippen molar-refractivity contribution in [1.82, 2.24) is 14.8 Å². The maximum absolute atomic E-state index is 5.99. The lowest BCUT2D eigenvalue weighted by Gasteiger charge is -2.09. The highest BCUT2D eigenvalue weighted by Gasteiger charge is 2.27. The molecule has 3 rings (SSSR count). The van der Waals surface area contributed by atoms with Gasteiger partial charge in [-0.2, -0.15) is 0 Å². The molecule has 1 fully saturated rings. The predicted molar refractivity (Wildman–Crippen MR) is 74.8 cm³/mol. The van der Waals surface area contributed by atoms with Gasteiger partial charge in [0.05, 0.1) is 0 Å². The summed E-state index contributed by atoms with van der Waals surface area (Å²) in [4.78, 5) is 0. The van der Waals surface area contributed by atoms with Crippen LogP contribution in [0.2, 0.25) is 0 Å². The molecule has 2 atom stereocenters. The zero-order valence-electron chi connectivity index (χ0n) is 11.3. The van der Waals surface area contributed by atoms with Crippen molar-refractivity contribution in [2.75, 3.05) is 0 Å². The predicted octanol–water partition coefficient (Wildman–Crippen LogP) is 2.00. The highest BCUT2D eigenvalue weighted by atomic mass is 15.3. The third kappa shape index (κ3) is 2.54. The minimum absolute atomic E-state index is 0.333. The van der Waals surface area contributed by atoms with Gasteiger partial charge in [-0.1, -0.05) is 30.3 Å². The molecule has 0 spiro atoms.